The minimum atomic E-state index is -0.763. The van der Waals surface area contributed by atoms with Gasteiger partial charge in [-0.1, -0.05) is 13.0 Å². The van der Waals surface area contributed by atoms with Gasteiger partial charge in [0.2, 0.25) is 0 Å². The molecule has 0 spiro atoms. The molecular formula is C22H30O4. The molecule has 3 aliphatic carbocycles. The Morgan fingerprint density at radius 3 is 2.73 bits per heavy atom. The maximum atomic E-state index is 11.8. The third-order valence-corrected chi connectivity index (χ3v) is 8.03. The Bertz CT molecular complexity index is 714. The molecule has 4 heteroatoms. The second-order valence-electron chi connectivity index (χ2n) is 8.66. The fourth-order valence-electron chi connectivity index (χ4n) is 6.85. The first-order valence-electron chi connectivity index (χ1n) is 10.1. The fourth-order valence-corrected chi connectivity index (χ4v) is 6.85. The number of aryl methyl sites for hydroxylation is 1. The van der Waals surface area contributed by atoms with Crippen LogP contribution in [0.2, 0.25) is 0 Å². The van der Waals surface area contributed by atoms with Gasteiger partial charge >= 0.3 is 5.97 Å². The minimum absolute atomic E-state index is 0.0965. The lowest BCUT2D eigenvalue weighted by Crippen LogP contribution is -2.53. The molecule has 4 nitrogen and oxygen atoms in total. The quantitative estimate of drug-likeness (QED) is 0.849. The van der Waals surface area contributed by atoms with Crippen LogP contribution in [0.15, 0.2) is 18.2 Å². The highest BCUT2D eigenvalue weighted by atomic mass is 16.5. The molecule has 0 unspecified atom stereocenters. The van der Waals surface area contributed by atoms with Crippen molar-refractivity contribution in [3.05, 3.63) is 29.3 Å². The topological polar surface area (TPSA) is 66.8 Å². The van der Waals surface area contributed by atoms with Crippen molar-refractivity contribution in [2.45, 2.75) is 63.9 Å². The van der Waals surface area contributed by atoms with Gasteiger partial charge in [0, 0.05) is 6.42 Å². The minimum Gasteiger partial charge on any atom is -0.497 e. The number of ether oxygens (including phenoxy) is 1. The number of methoxy groups -OCH3 is 1. The van der Waals surface area contributed by atoms with Crippen LogP contribution in [-0.2, 0) is 16.8 Å². The van der Waals surface area contributed by atoms with Crippen LogP contribution >= 0.6 is 0 Å². The third kappa shape index (κ3) is 2.41. The van der Waals surface area contributed by atoms with Crippen LogP contribution in [0.25, 0.3) is 0 Å². The van der Waals surface area contributed by atoms with E-state index < -0.39 is 11.6 Å². The average molecular weight is 358 g/mol. The lowest BCUT2D eigenvalue weighted by atomic mass is 9.50. The molecule has 0 aliphatic heterocycles. The van der Waals surface area contributed by atoms with Gasteiger partial charge in [0.1, 0.15) is 5.75 Å². The normalized spacial score (nSPS) is 38.2. The van der Waals surface area contributed by atoms with Gasteiger partial charge in [-0.25, -0.2) is 0 Å². The Morgan fingerprint density at radius 1 is 1.23 bits per heavy atom. The Kier molecular flexibility index (Phi) is 4.30. The zero-order chi connectivity index (χ0) is 18.5. The molecule has 0 saturated heterocycles. The number of rotatable bonds is 4. The van der Waals surface area contributed by atoms with E-state index in [0.717, 1.165) is 56.3 Å². The fraction of sp³-hybridized carbons (Fsp3) is 0.682. The summed E-state index contributed by atoms with van der Waals surface area (Å²) in [6, 6.07) is 6.10. The molecule has 0 bridgehead atoms. The Hall–Kier alpha value is -1.55. The zero-order valence-corrected chi connectivity index (χ0v) is 15.8. The van der Waals surface area contributed by atoms with Gasteiger partial charge in [0.25, 0.3) is 0 Å². The molecule has 1 aromatic carbocycles. The van der Waals surface area contributed by atoms with Gasteiger partial charge < -0.3 is 14.9 Å². The number of hydrogen-bond donors (Lipinski definition) is 2. The van der Waals surface area contributed by atoms with E-state index in [-0.39, 0.29) is 23.7 Å². The number of carbonyl (C=O) groups is 1. The predicted octanol–water partition coefficient (Wildman–Crippen LogP) is 4.14. The smallest absolute Gasteiger partial charge is 0.303 e. The van der Waals surface area contributed by atoms with Crippen molar-refractivity contribution in [3.8, 4) is 5.75 Å². The van der Waals surface area contributed by atoms with Crippen LogP contribution in [0.3, 0.4) is 0 Å². The maximum Gasteiger partial charge on any atom is 0.303 e. The Morgan fingerprint density at radius 2 is 2.04 bits per heavy atom. The van der Waals surface area contributed by atoms with Crippen molar-refractivity contribution in [1.29, 1.82) is 0 Å². The summed E-state index contributed by atoms with van der Waals surface area (Å²) in [5.74, 6) is 1.12. The van der Waals surface area contributed by atoms with Crippen molar-refractivity contribution < 1.29 is 19.7 Å². The van der Waals surface area contributed by atoms with Crippen LogP contribution in [0, 0.1) is 23.2 Å². The molecule has 0 amide bonds. The van der Waals surface area contributed by atoms with E-state index in [9.17, 15) is 15.0 Å². The average Bonchev–Trinajstić information content (AvgIpc) is 2.99. The lowest BCUT2D eigenvalue weighted by molar-refractivity contribution is -0.148. The molecular weight excluding hydrogens is 328 g/mol. The predicted molar refractivity (Wildman–Crippen MR) is 99.1 cm³/mol. The SMILES string of the molecule is CC[C@]12CC[C@]3(O)c4ccc(OC)cc4CC[C@@H]3[C@@H]1CC[C@@H]2CC(=O)O. The standard InChI is InChI=1S/C22H30O4/c1-3-21-10-11-22(25)17-9-6-16(26-2)12-14(17)4-7-19(22)18(21)8-5-15(21)13-20(23)24/h6,9,12,15,18-19,25H,3-5,7-8,10-11,13H2,1-2H3,(H,23,24)/t15-,18+,19-,21-,22+/m1/s1. The number of aliphatic carboxylic acids is 1. The van der Waals surface area contributed by atoms with Gasteiger partial charge in [-0.05, 0) is 91.4 Å². The highest BCUT2D eigenvalue weighted by Gasteiger charge is 2.61. The van der Waals surface area contributed by atoms with Gasteiger partial charge in [-0.2, -0.15) is 0 Å². The highest BCUT2D eigenvalue weighted by molar-refractivity contribution is 5.67. The summed E-state index contributed by atoms with van der Waals surface area (Å²) in [6.07, 6.45) is 7.00. The third-order valence-electron chi connectivity index (χ3n) is 8.03. The summed E-state index contributed by atoms with van der Waals surface area (Å²) in [5.41, 5.74) is 1.63. The van der Waals surface area contributed by atoms with Crippen molar-refractivity contribution in [3.63, 3.8) is 0 Å². The van der Waals surface area contributed by atoms with Gasteiger partial charge in [-0.3, -0.25) is 4.79 Å². The number of benzene rings is 1. The summed E-state index contributed by atoms with van der Waals surface area (Å²) in [7, 11) is 1.68. The summed E-state index contributed by atoms with van der Waals surface area (Å²) in [6.45, 7) is 2.22. The molecule has 4 rings (SSSR count). The maximum absolute atomic E-state index is 11.8. The summed E-state index contributed by atoms with van der Waals surface area (Å²) in [5, 5.41) is 21.2. The van der Waals surface area contributed by atoms with Gasteiger partial charge in [0.05, 0.1) is 12.7 Å². The zero-order valence-electron chi connectivity index (χ0n) is 15.8. The molecule has 0 aromatic heterocycles. The lowest BCUT2D eigenvalue weighted by Gasteiger charge is -2.56. The van der Waals surface area contributed by atoms with E-state index in [1.54, 1.807) is 7.11 Å². The first-order valence-corrected chi connectivity index (χ1v) is 10.1. The summed E-state index contributed by atoms with van der Waals surface area (Å²) in [4.78, 5) is 11.4. The first-order chi connectivity index (χ1) is 12.4. The van der Waals surface area contributed by atoms with Crippen molar-refractivity contribution >= 4 is 5.97 Å². The van der Waals surface area contributed by atoms with Crippen LogP contribution in [0.4, 0.5) is 0 Å². The van der Waals surface area contributed by atoms with Crippen LogP contribution in [0.5, 0.6) is 5.75 Å². The molecule has 2 fully saturated rings. The van der Waals surface area contributed by atoms with E-state index >= 15 is 0 Å². The monoisotopic (exact) mass is 358 g/mol. The first kappa shape index (κ1) is 17.8. The largest absolute Gasteiger partial charge is 0.497 e. The van der Waals surface area contributed by atoms with E-state index in [0.29, 0.717) is 5.92 Å². The number of carboxylic acids is 1. The van der Waals surface area contributed by atoms with Gasteiger partial charge in [0.15, 0.2) is 0 Å². The highest BCUT2D eigenvalue weighted by Crippen LogP contribution is 2.66. The summed E-state index contributed by atoms with van der Waals surface area (Å²) < 4.78 is 5.37. The van der Waals surface area contributed by atoms with Crippen LogP contribution in [-0.4, -0.2) is 23.3 Å². The number of fused-ring (bicyclic) bond motifs is 5. The Labute approximate surface area is 155 Å². The molecule has 1 aromatic rings. The number of aliphatic hydroxyl groups is 1. The van der Waals surface area contributed by atoms with Crippen molar-refractivity contribution in [1.82, 2.24) is 0 Å². The molecule has 0 heterocycles. The number of hydrogen-bond acceptors (Lipinski definition) is 3. The molecule has 2 saturated carbocycles. The second kappa shape index (κ2) is 6.26. The van der Waals surface area contributed by atoms with E-state index in [1.165, 1.54) is 5.56 Å². The molecule has 5 atom stereocenters. The van der Waals surface area contributed by atoms with E-state index in [4.69, 9.17) is 4.74 Å². The second-order valence-corrected chi connectivity index (χ2v) is 8.66. The van der Waals surface area contributed by atoms with E-state index in [2.05, 4.69) is 19.1 Å². The molecule has 142 valence electrons. The van der Waals surface area contributed by atoms with Gasteiger partial charge in [-0.15, -0.1) is 0 Å². The molecule has 0 radical (unpaired) electrons. The Balaban J connectivity index is 1.70. The van der Waals surface area contributed by atoms with Crippen molar-refractivity contribution in [2.75, 3.05) is 7.11 Å². The molecule has 2 N–H and O–H groups in total. The van der Waals surface area contributed by atoms with Crippen LogP contribution in [0.1, 0.15) is 63.0 Å². The van der Waals surface area contributed by atoms with Crippen LogP contribution < -0.4 is 4.74 Å². The molecule has 26 heavy (non-hydrogen) atoms. The number of carboxylic acid groups (broad SMARTS) is 1. The summed E-state index contributed by atoms with van der Waals surface area (Å²) >= 11 is 0. The molecule has 3 aliphatic rings. The van der Waals surface area contributed by atoms with E-state index in [1.807, 2.05) is 6.07 Å². The van der Waals surface area contributed by atoms with Crippen molar-refractivity contribution in [2.24, 2.45) is 23.2 Å².